The number of hydrazine groups is 1. The van der Waals surface area contributed by atoms with Crippen molar-refractivity contribution in [2.45, 2.75) is 0 Å². The molecule has 27 heavy (non-hydrogen) atoms. The van der Waals surface area contributed by atoms with E-state index in [1.807, 2.05) is 6.07 Å². The molecule has 8 nitrogen and oxygen atoms in total. The fourth-order valence-electron chi connectivity index (χ4n) is 1.82. The van der Waals surface area contributed by atoms with Crippen LogP contribution in [0.1, 0.15) is 0 Å². The summed E-state index contributed by atoms with van der Waals surface area (Å²) in [5.74, 6) is -1.99. The van der Waals surface area contributed by atoms with Crippen LogP contribution in [0.5, 0.6) is 11.5 Å². The fraction of sp³-hybridized carbons (Fsp3) is 0.167. The first-order valence-corrected chi connectivity index (χ1v) is 7.94. The Bertz CT molecular complexity index is 786. The molecule has 0 aliphatic carbocycles. The highest BCUT2D eigenvalue weighted by Crippen LogP contribution is 2.14. The Morgan fingerprint density at radius 2 is 1.41 bits per heavy atom. The highest BCUT2D eigenvalue weighted by Gasteiger charge is 2.09. The molecule has 0 unspecified atom stereocenters. The first kappa shape index (κ1) is 19.7. The van der Waals surface area contributed by atoms with Gasteiger partial charge in [-0.15, -0.1) is 0 Å². The Kier molecular flexibility index (Phi) is 7.58. The topological polar surface area (TPSA) is 106 Å². The van der Waals surface area contributed by atoms with Gasteiger partial charge in [-0.25, -0.2) is 4.39 Å². The highest BCUT2D eigenvalue weighted by atomic mass is 19.1. The third-order valence-electron chi connectivity index (χ3n) is 3.10. The quantitative estimate of drug-likeness (QED) is 0.584. The summed E-state index contributed by atoms with van der Waals surface area (Å²) in [6.45, 7) is -1.09. The van der Waals surface area contributed by atoms with E-state index in [1.165, 1.54) is 18.2 Å². The summed E-state index contributed by atoms with van der Waals surface area (Å²) in [6.07, 6.45) is 0. The van der Waals surface area contributed by atoms with Crippen molar-refractivity contribution in [3.63, 3.8) is 0 Å². The number of hydrogen-bond donors (Lipinski definition) is 3. The van der Waals surface area contributed by atoms with Crippen LogP contribution in [0.2, 0.25) is 0 Å². The normalized spacial score (nSPS) is 9.81. The van der Waals surface area contributed by atoms with Crippen LogP contribution in [0.15, 0.2) is 54.6 Å². The first-order chi connectivity index (χ1) is 13.0. The van der Waals surface area contributed by atoms with Crippen LogP contribution in [0.3, 0.4) is 0 Å². The van der Waals surface area contributed by atoms with Crippen LogP contribution >= 0.6 is 0 Å². The number of benzene rings is 2. The minimum Gasteiger partial charge on any atom is -0.484 e. The molecule has 0 saturated heterocycles. The molecular formula is C18H18FN3O5. The van der Waals surface area contributed by atoms with E-state index in [0.717, 1.165) is 0 Å². The largest absolute Gasteiger partial charge is 0.484 e. The molecule has 3 amide bonds. The average molecular weight is 375 g/mol. The van der Waals surface area contributed by atoms with E-state index in [-0.39, 0.29) is 18.9 Å². The maximum Gasteiger partial charge on any atom is 0.276 e. The number of hydrogen-bond acceptors (Lipinski definition) is 5. The molecule has 9 heteroatoms. The van der Waals surface area contributed by atoms with E-state index in [1.54, 1.807) is 30.3 Å². The number of para-hydroxylation sites is 2. The molecule has 2 rings (SSSR count). The van der Waals surface area contributed by atoms with Crippen molar-refractivity contribution in [3.8, 4) is 11.5 Å². The molecule has 2 aromatic rings. The maximum atomic E-state index is 13.3. The summed E-state index contributed by atoms with van der Waals surface area (Å²) in [7, 11) is 0. The number of carbonyl (C=O) groups excluding carboxylic acids is 3. The maximum absolute atomic E-state index is 13.3. The number of amides is 3. The summed E-state index contributed by atoms with van der Waals surface area (Å²) in [4.78, 5) is 34.7. The number of halogens is 1. The van der Waals surface area contributed by atoms with E-state index in [9.17, 15) is 18.8 Å². The number of nitrogens with one attached hydrogen (secondary N) is 3. The van der Waals surface area contributed by atoms with Crippen molar-refractivity contribution in [3.05, 3.63) is 60.4 Å². The number of rotatable bonds is 8. The van der Waals surface area contributed by atoms with E-state index < -0.39 is 30.1 Å². The molecular weight excluding hydrogens is 357 g/mol. The standard InChI is InChI=1S/C18H18FN3O5/c19-14-8-4-5-9-15(14)27-12-18(25)22-21-16(23)10-20-17(24)11-26-13-6-2-1-3-7-13/h1-9H,10-12H2,(H,20,24)(H,21,23)(H,22,25). The SMILES string of the molecule is O=C(COc1ccccc1)NCC(=O)NNC(=O)COc1ccccc1F. The predicted octanol–water partition coefficient (Wildman–Crippen LogP) is 0.547. The molecule has 3 N–H and O–H groups in total. The highest BCUT2D eigenvalue weighted by molar-refractivity contribution is 5.87. The molecule has 0 aliphatic rings. The second-order valence-corrected chi connectivity index (χ2v) is 5.19. The molecule has 0 spiro atoms. The van der Waals surface area contributed by atoms with Crippen molar-refractivity contribution in [2.24, 2.45) is 0 Å². The van der Waals surface area contributed by atoms with Gasteiger partial charge in [0.15, 0.2) is 24.8 Å². The monoisotopic (exact) mass is 375 g/mol. The Balaban J connectivity index is 1.59. The first-order valence-electron chi connectivity index (χ1n) is 7.94. The zero-order valence-electron chi connectivity index (χ0n) is 14.2. The minimum absolute atomic E-state index is 0.0790. The number of ether oxygens (including phenoxy) is 2. The molecule has 0 atom stereocenters. The minimum atomic E-state index is -0.689. The Morgan fingerprint density at radius 3 is 2.15 bits per heavy atom. The Morgan fingerprint density at radius 1 is 0.778 bits per heavy atom. The zero-order chi connectivity index (χ0) is 19.5. The van der Waals surface area contributed by atoms with E-state index in [0.29, 0.717) is 5.75 Å². The summed E-state index contributed by atoms with van der Waals surface area (Å²) < 4.78 is 23.5. The lowest BCUT2D eigenvalue weighted by molar-refractivity contribution is -0.131. The van der Waals surface area contributed by atoms with Crippen LogP contribution in [-0.2, 0) is 14.4 Å². The van der Waals surface area contributed by atoms with Crippen molar-refractivity contribution in [1.29, 1.82) is 0 Å². The zero-order valence-corrected chi connectivity index (χ0v) is 14.2. The smallest absolute Gasteiger partial charge is 0.276 e. The second kappa shape index (κ2) is 10.4. The van der Waals surface area contributed by atoms with Crippen LogP contribution in [0, 0.1) is 5.82 Å². The molecule has 0 heterocycles. The van der Waals surface area contributed by atoms with Crippen LogP contribution in [-0.4, -0.2) is 37.5 Å². The van der Waals surface area contributed by atoms with E-state index >= 15 is 0 Å². The van der Waals surface area contributed by atoms with Gasteiger partial charge >= 0.3 is 0 Å². The van der Waals surface area contributed by atoms with Gasteiger partial charge < -0.3 is 14.8 Å². The van der Waals surface area contributed by atoms with Gasteiger partial charge in [0.05, 0.1) is 6.54 Å². The molecule has 0 radical (unpaired) electrons. The molecule has 0 bridgehead atoms. The van der Waals surface area contributed by atoms with Crippen molar-refractivity contribution >= 4 is 17.7 Å². The third-order valence-corrected chi connectivity index (χ3v) is 3.10. The molecule has 0 aliphatic heterocycles. The van der Waals surface area contributed by atoms with Gasteiger partial charge in [-0.05, 0) is 24.3 Å². The van der Waals surface area contributed by atoms with Gasteiger partial charge in [0, 0.05) is 0 Å². The van der Waals surface area contributed by atoms with Gasteiger partial charge in [-0.3, -0.25) is 25.2 Å². The summed E-state index contributed by atoms with van der Waals surface area (Å²) in [5, 5.41) is 2.33. The van der Waals surface area contributed by atoms with Crippen LogP contribution < -0.4 is 25.6 Å². The van der Waals surface area contributed by atoms with Gasteiger partial charge in [0.25, 0.3) is 17.7 Å². The molecule has 0 fully saturated rings. The Hall–Kier alpha value is -3.62. The molecule has 142 valence electrons. The summed E-state index contributed by atoms with van der Waals surface area (Å²) in [5.41, 5.74) is 4.18. The van der Waals surface area contributed by atoms with Crippen LogP contribution in [0.4, 0.5) is 4.39 Å². The molecule has 0 aromatic heterocycles. The van der Waals surface area contributed by atoms with Crippen molar-refractivity contribution in [2.75, 3.05) is 19.8 Å². The molecule has 2 aromatic carbocycles. The van der Waals surface area contributed by atoms with Crippen molar-refractivity contribution in [1.82, 2.24) is 16.2 Å². The summed E-state index contributed by atoms with van der Waals surface area (Å²) >= 11 is 0. The Labute approximate surface area is 154 Å². The van der Waals surface area contributed by atoms with Gasteiger partial charge in [0.2, 0.25) is 0 Å². The number of carbonyl (C=O) groups is 3. The summed E-state index contributed by atoms with van der Waals surface area (Å²) in [6, 6.07) is 14.3. The lowest BCUT2D eigenvalue weighted by atomic mass is 10.3. The van der Waals surface area contributed by atoms with E-state index in [2.05, 4.69) is 16.2 Å². The second-order valence-electron chi connectivity index (χ2n) is 5.19. The van der Waals surface area contributed by atoms with Crippen LogP contribution in [0.25, 0.3) is 0 Å². The van der Waals surface area contributed by atoms with Crippen molar-refractivity contribution < 1.29 is 28.2 Å². The third kappa shape index (κ3) is 7.43. The van der Waals surface area contributed by atoms with Gasteiger partial charge in [-0.2, -0.15) is 0 Å². The van der Waals surface area contributed by atoms with Gasteiger partial charge in [0.1, 0.15) is 5.75 Å². The lowest BCUT2D eigenvalue weighted by Crippen LogP contribution is -2.48. The average Bonchev–Trinajstić information content (AvgIpc) is 2.69. The fourth-order valence-corrected chi connectivity index (χ4v) is 1.82. The van der Waals surface area contributed by atoms with E-state index in [4.69, 9.17) is 9.47 Å². The van der Waals surface area contributed by atoms with Gasteiger partial charge in [-0.1, -0.05) is 30.3 Å². The lowest BCUT2D eigenvalue weighted by Gasteiger charge is -2.10. The molecule has 0 saturated carbocycles. The predicted molar refractivity (Wildman–Crippen MR) is 93.1 cm³/mol.